The lowest BCUT2D eigenvalue weighted by molar-refractivity contribution is -0.140. The number of Topliss-reactive ketones (excluding diaryl/α,β-unsaturated/α-hetero) is 1. The van der Waals surface area contributed by atoms with Crippen LogP contribution in [0.2, 0.25) is 0 Å². The molecule has 2 aromatic carbocycles. The van der Waals surface area contributed by atoms with Gasteiger partial charge in [-0.15, -0.1) is 0 Å². The van der Waals surface area contributed by atoms with Gasteiger partial charge in [0.05, 0.1) is 38.5 Å². The minimum atomic E-state index is -0.793. The number of carbonyl (C=O) groups excluding carboxylic acids is 2. The Morgan fingerprint density at radius 1 is 1.07 bits per heavy atom. The number of nitrogens with zero attached hydrogens (tertiary/aromatic N) is 2. The maximum atomic E-state index is 13.5. The number of hydrogen-bond donors (Lipinski definition) is 1. The van der Waals surface area contributed by atoms with E-state index in [1.165, 1.54) is 7.11 Å². The molecule has 1 amide bonds. The first-order chi connectivity index (χ1) is 19.4. The maximum Gasteiger partial charge on any atom is 0.295 e. The number of likely N-dealkylation sites (tertiary alicyclic amines) is 1. The molecule has 2 aliphatic heterocycles. The summed E-state index contributed by atoms with van der Waals surface area (Å²) in [4.78, 5) is 30.7. The number of amides is 1. The summed E-state index contributed by atoms with van der Waals surface area (Å²) in [5.41, 5.74) is 1.93. The van der Waals surface area contributed by atoms with Crippen molar-refractivity contribution in [1.29, 1.82) is 0 Å². The van der Waals surface area contributed by atoms with Crippen molar-refractivity contribution in [3.05, 3.63) is 71.3 Å². The number of morpholine rings is 1. The van der Waals surface area contributed by atoms with Crippen molar-refractivity contribution >= 4 is 17.4 Å². The van der Waals surface area contributed by atoms with E-state index in [2.05, 4.69) is 11.5 Å². The van der Waals surface area contributed by atoms with E-state index in [9.17, 15) is 14.7 Å². The summed E-state index contributed by atoms with van der Waals surface area (Å²) in [6.45, 7) is 12.4. The van der Waals surface area contributed by atoms with Gasteiger partial charge in [-0.2, -0.15) is 0 Å². The van der Waals surface area contributed by atoms with E-state index in [4.69, 9.17) is 18.9 Å². The molecule has 2 heterocycles. The van der Waals surface area contributed by atoms with Crippen LogP contribution in [0, 0.1) is 6.92 Å². The van der Waals surface area contributed by atoms with Crippen molar-refractivity contribution in [2.45, 2.75) is 26.3 Å². The van der Waals surface area contributed by atoms with Crippen LogP contribution in [-0.2, 0) is 14.3 Å². The van der Waals surface area contributed by atoms with Crippen LogP contribution in [0.4, 0.5) is 0 Å². The zero-order valence-corrected chi connectivity index (χ0v) is 23.5. The lowest BCUT2D eigenvalue weighted by atomic mass is 9.94. The normalized spacial score (nSPS) is 19.1. The number of rotatable bonds is 12. The molecular weight excluding hydrogens is 512 g/mol. The highest BCUT2D eigenvalue weighted by Gasteiger charge is 2.46. The Bertz CT molecular complexity index is 1270. The number of ketones is 1. The first-order valence-corrected chi connectivity index (χ1v) is 13.6. The molecule has 1 unspecified atom stereocenters. The summed E-state index contributed by atoms with van der Waals surface area (Å²) in [5, 5.41) is 11.5. The Kier molecular flexibility index (Phi) is 9.84. The van der Waals surface area contributed by atoms with E-state index in [-0.39, 0.29) is 11.3 Å². The first kappa shape index (κ1) is 29.2. The number of methoxy groups -OCH3 is 1. The summed E-state index contributed by atoms with van der Waals surface area (Å²) < 4.78 is 22.3. The molecule has 2 saturated heterocycles. The molecule has 2 aliphatic rings. The largest absolute Gasteiger partial charge is 0.507 e. The van der Waals surface area contributed by atoms with Crippen LogP contribution in [-0.4, -0.2) is 86.3 Å². The number of benzene rings is 2. The minimum absolute atomic E-state index is 0.0433. The predicted molar refractivity (Wildman–Crippen MR) is 152 cm³/mol. The van der Waals surface area contributed by atoms with E-state index in [1.54, 1.807) is 47.4 Å². The van der Waals surface area contributed by atoms with Crippen LogP contribution in [0.5, 0.6) is 17.2 Å². The lowest BCUT2D eigenvalue weighted by Gasteiger charge is -2.29. The van der Waals surface area contributed by atoms with Crippen LogP contribution in [0.15, 0.2) is 54.6 Å². The molecule has 214 valence electrons. The molecule has 0 radical (unpaired) electrons. The highest BCUT2D eigenvalue weighted by atomic mass is 16.5. The fraction of sp³-hybridized carbons (Fsp3) is 0.419. The Labute approximate surface area is 235 Å². The first-order valence-electron chi connectivity index (χ1n) is 13.6. The van der Waals surface area contributed by atoms with Crippen LogP contribution in [0.1, 0.15) is 36.1 Å². The second kappa shape index (κ2) is 13.5. The molecule has 9 heteroatoms. The maximum absolute atomic E-state index is 13.5. The zero-order valence-electron chi connectivity index (χ0n) is 23.5. The van der Waals surface area contributed by atoms with Crippen LogP contribution in [0.3, 0.4) is 0 Å². The van der Waals surface area contributed by atoms with Crippen molar-refractivity contribution in [1.82, 2.24) is 9.80 Å². The monoisotopic (exact) mass is 550 g/mol. The molecule has 1 atom stereocenters. The highest BCUT2D eigenvalue weighted by Crippen LogP contribution is 2.42. The predicted octanol–water partition coefficient (Wildman–Crippen LogP) is 4.11. The molecule has 40 heavy (non-hydrogen) atoms. The summed E-state index contributed by atoms with van der Waals surface area (Å²) in [7, 11) is 1.53. The number of hydrogen-bond acceptors (Lipinski definition) is 8. The Morgan fingerprint density at radius 3 is 2.50 bits per heavy atom. The van der Waals surface area contributed by atoms with Crippen molar-refractivity contribution in [2.24, 2.45) is 0 Å². The van der Waals surface area contributed by atoms with E-state index in [1.807, 2.05) is 13.8 Å². The molecule has 0 aromatic heterocycles. The number of ether oxygens (including phenoxy) is 4. The molecule has 1 N–H and O–H groups in total. The number of aliphatic hydroxyl groups is 1. The van der Waals surface area contributed by atoms with Gasteiger partial charge in [-0.3, -0.25) is 14.5 Å². The van der Waals surface area contributed by atoms with Gasteiger partial charge >= 0.3 is 0 Å². The van der Waals surface area contributed by atoms with E-state index in [0.717, 1.165) is 25.2 Å². The van der Waals surface area contributed by atoms with Gasteiger partial charge in [0.1, 0.15) is 18.1 Å². The van der Waals surface area contributed by atoms with E-state index < -0.39 is 17.7 Å². The lowest BCUT2D eigenvalue weighted by Crippen LogP contribution is -2.39. The van der Waals surface area contributed by atoms with E-state index in [0.29, 0.717) is 67.8 Å². The van der Waals surface area contributed by atoms with Crippen molar-refractivity contribution < 1.29 is 33.6 Å². The number of aryl methyl sites for hydroxylation is 1. The Balaban J connectivity index is 1.73. The van der Waals surface area contributed by atoms with Gasteiger partial charge in [0.25, 0.3) is 11.7 Å². The number of carbonyl (C=O) groups is 2. The smallest absolute Gasteiger partial charge is 0.295 e. The minimum Gasteiger partial charge on any atom is -0.507 e. The van der Waals surface area contributed by atoms with Gasteiger partial charge in [0.2, 0.25) is 0 Å². The summed E-state index contributed by atoms with van der Waals surface area (Å²) in [5.74, 6) is 0.0800. The fourth-order valence-electron chi connectivity index (χ4n) is 5.14. The third-order valence-electron chi connectivity index (χ3n) is 7.13. The quantitative estimate of drug-likeness (QED) is 0.183. The van der Waals surface area contributed by atoms with Crippen molar-refractivity contribution in [3.63, 3.8) is 0 Å². The average molecular weight is 551 g/mol. The fourth-order valence-corrected chi connectivity index (χ4v) is 5.14. The average Bonchev–Trinajstić information content (AvgIpc) is 3.22. The van der Waals surface area contributed by atoms with Crippen LogP contribution in [0.25, 0.3) is 5.76 Å². The third kappa shape index (κ3) is 6.32. The van der Waals surface area contributed by atoms with Gasteiger partial charge in [0, 0.05) is 31.7 Å². The van der Waals surface area contributed by atoms with Gasteiger partial charge in [-0.05, 0) is 61.7 Å². The van der Waals surface area contributed by atoms with Gasteiger partial charge in [-0.25, -0.2) is 0 Å². The molecule has 2 aromatic rings. The van der Waals surface area contributed by atoms with Gasteiger partial charge in [-0.1, -0.05) is 18.7 Å². The van der Waals surface area contributed by atoms with Gasteiger partial charge < -0.3 is 29.0 Å². The summed E-state index contributed by atoms with van der Waals surface area (Å²) >= 11 is 0. The van der Waals surface area contributed by atoms with Crippen LogP contribution < -0.4 is 14.2 Å². The van der Waals surface area contributed by atoms with Crippen LogP contribution >= 0.6 is 0 Å². The van der Waals surface area contributed by atoms with E-state index >= 15 is 0 Å². The van der Waals surface area contributed by atoms with Crippen molar-refractivity contribution in [2.75, 3.05) is 59.7 Å². The van der Waals surface area contributed by atoms with Crippen molar-refractivity contribution in [3.8, 4) is 17.2 Å². The molecule has 0 saturated carbocycles. The topological polar surface area (TPSA) is 97.8 Å². The van der Waals surface area contributed by atoms with Gasteiger partial charge in [0.15, 0.2) is 11.5 Å². The summed E-state index contributed by atoms with van der Waals surface area (Å²) in [6, 6.07) is 9.71. The highest BCUT2D eigenvalue weighted by molar-refractivity contribution is 6.46. The standard InChI is InChI=1S/C31H38N2O7/c1-5-16-40-25-11-8-22(20-26(25)37-4)28-27(29(34)23-9-10-24(39-6-2)21(3)19-23)30(35)31(36)33(28)13-7-12-32-14-17-38-18-15-32/h5,8-11,19-20,28,34H,1,6-7,12-18H2,2-4H3. The zero-order chi connectivity index (χ0) is 28.6. The second-order valence-corrected chi connectivity index (χ2v) is 9.72. The molecule has 0 bridgehead atoms. The molecule has 2 fully saturated rings. The Hall–Kier alpha value is -3.82. The molecule has 4 rings (SSSR count). The molecule has 0 aliphatic carbocycles. The SMILES string of the molecule is C=CCOc1ccc(C2C(=C(O)c3ccc(OCC)c(C)c3)C(=O)C(=O)N2CCCN2CCOCC2)cc1OC. The second-order valence-electron chi connectivity index (χ2n) is 9.72. The summed E-state index contributed by atoms with van der Waals surface area (Å²) in [6.07, 6.45) is 2.30. The molecule has 0 spiro atoms. The third-order valence-corrected chi connectivity index (χ3v) is 7.13. The number of aliphatic hydroxyl groups excluding tert-OH is 1. The molecular formula is C31H38N2O7. The molecule has 9 nitrogen and oxygen atoms in total. The Morgan fingerprint density at radius 2 is 1.82 bits per heavy atom.